The first-order valence-corrected chi connectivity index (χ1v) is 7.86. The van der Waals surface area contributed by atoms with Crippen molar-refractivity contribution in [1.29, 1.82) is 0 Å². The first kappa shape index (κ1) is 14.5. The molecular weight excluding hydrogens is 267 g/mol. The number of fused-ring (bicyclic) bond motifs is 1. The Morgan fingerprint density at radius 2 is 2.14 bits per heavy atom. The van der Waals surface area contributed by atoms with Crippen molar-refractivity contribution >= 4 is 10.9 Å². The van der Waals surface area contributed by atoms with Gasteiger partial charge in [-0.05, 0) is 62.5 Å². The van der Waals surface area contributed by atoms with Crippen LogP contribution in [0.3, 0.4) is 0 Å². The first-order chi connectivity index (χ1) is 10.3. The van der Waals surface area contributed by atoms with Crippen LogP contribution in [-0.4, -0.2) is 30.9 Å². The van der Waals surface area contributed by atoms with Crippen molar-refractivity contribution in [3.8, 4) is 0 Å². The number of piperidine rings is 1. The molecule has 2 heterocycles. The van der Waals surface area contributed by atoms with E-state index in [9.17, 15) is 4.39 Å². The number of hydrogen-bond acceptors (Lipinski definition) is 2. The van der Waals surface area contributed by atoms with E-state index in [4.69, 9.17) is 4.74 Å². The maximum Gasteiger partial charge on any atom is 0.125 e. The summed E-state index contributed by atoms with van der Waals surface area (Å²) in [6.45, 7) is 6.29. The van der Waals surface area contributed by atoms with E-state index < -0.39 is 0 Å². The zero-order valence-corrected chi connectivity index (χ0v) is 12.6. The van der Waals surface area contributed by atoms with Gasteiger partial charge in [0.15, 0.2) is 0 Å². The molecule has 1 aliphatic heterocycles. The molecule has 114 valence electrons. The molecule has 0 radical (unpaired) electrons. The molecule has 0 unspecified atom stereocenters. The lowest BCUT2D eigenvalue weighted by molar-refractivity contribution is 0.140. The molecule has 2 aromatic rings. The number of ether oxygens (including phenoxy) is 1. The summed E-state index contributed by atoms with van der Waals surface area (Å²) in [5.41, 5.74) is 2.35. The van der Waals surface area contributed by atoms with Gasteiger partial charge >= 0.3 is 0 Å². The topological polar surface area (TPSA) is 26.2 Å². The summed E-state index contributed by atoms with van der Waals surface area (Å²) in [4.78, 5) is 0. The molecule has 1 N–H and O–H groups in total. The summed E-state index contributed by atoms with van der Waals surface area (Å²) in [6.07, 6.45) is 4.52. The molecule has 4 heteroatoms. The first-order valence-electron chi connectivity index (χ1n) is 7.86. The van der Waals surface area contributed by atoms with Crippen molar-refractivity contribution in [3.63, 3.8) is 0 Å². The van der Waals surface area contributed by atoms with Crippen molar-refractivity contribution in [1.82, 2.24) is 9.88 Å². The molecule has 1 aromatic carbocycles. The highest BCUT2D eigenvalue weighted by Crippen LogP contribution is 2.33. The number of nitrogens with one attached hydrogen (secondary N) is 1. The fourth-order valence-corrected chi connectivity index (χ4v) is 3.24. The van der Waals surface area contributed by atoms with Crippen LogP contribution in [0.1, 0.15) is 31.2 Å². The number of benzene rings is 1. The monoisotopic (exact) mass is 290 g/mol. The van der Waals surface area contributed by atoms with E-state index in [-0.39, 0.29) is 5.82 Å². The second kappa shape index (κ2) is 6.58. The van der Waals surface area contributed by atoms with E-state index in [2.05, 4.69) is 16.1 Å². The zero-order valence-electron chi connectivity index (χ0n) is 12.6. The van der Waals surface area contributed by atoms with Crippen molar-refractivity contribution < 1.29 is 9.13 Å². The molecule has 3 rings (SSSR count). The molecule has 0 bridgehead atoms. The lowest BCUT2D eigenvalue weighted by Gasteiger charge is -2.22. The Bertz CT molecular complexity index is 602. The van der Waals surface area contributed by atoms with Crippen LogP contribution in [0.4, 0.5) is 4.39 Å². The van der Waals surface area contributed by atoms with E-state index in [1.807, 2.05) is 13.0 Å². The second-order valence-corrected chi connectivity index (χ2v) is 5.66. The van der Waals surface area contributed by atoms with Crippen molar-refractivity contribution in [2.24, 2.45) is 0 Å². The predicted octanol–water partition coefficient (Wildman–Crippen LogP) is 3.28. The number of rotatable bonds is 5. The van der Waals surface area contributed by atoms with Gasteiger partial charge in [0.2, 0.25) is 0 Å². The third kappa shape index (κ3) is 3.11. The highest BCUT2D eigenvalue weighted by Gasteiger charge is 2.20. The van der Waals surface area contributed by atoms with E-state index in [0.717, 1.165) is 38.0 Å². The Kier molecular flexibility index (Phi) is 4.56. The van der Waals surface area contributed by atoms with Crippen LogP contribution >= 0.6 is 0 Å². The fraction of sp³-hybridized carbons (Fsp3) is 0.529. The minimum Gasteiger partial charge on any atom is -0.380 e. The summed E-state index contributed by atoms with van der Waals surface area (Å²) in [6, 6.07) is 5.14. The Morgan fingerprint density at radius 3 is 2.90 bits per heavy atom. The van der Waals surface area contributed by atoms with Gasteiger partial charge in [0.05, 0.1) is 12.1 Å². The molecular formula is C17H23FN2O. The molecule has 1 aliphatic rings. The van der Waals surface area contributed by atoms with Crippen LogP contribution in [0, 0.1) is 5.82 Å². The van der Waals surface area contributed by atoms with Crippen molar-refractivity contribution in [3.05, 3.63) is 35.8 Å². The number of hydrogen-bond donors (Lipinski definition) is 1. The average molecular weight is 290 g/mol. The third-order valence-corrected chi connectivity index (χ3v) is 4.33. The van der Waals surface area contributed by atoms with Crippen LogP contribution < -0.4 is 5.32 Å². The van der Waals surface area contributed by atoms with E-state index in [0.29, 0.717) is 19.1 Å². The summed E-state index contributed by atoms with van der Waals surface area (Å²) in [5, 5.41) is 4.60. The SMILES string of the molecule is CCOCCn1cc(C2CCNCC2)c2ccc(F)cc21. The van der Waals surface area contributed by atoms with Gasteiger partial charge in [-0.1, -0.05) is 0 Å². The van der Waals surface area contributed by atoms with Crippen LogP contribution in [0.5, 0.6) is 0 Å². The van der Waals surface area contributed by atoms with Gasteiger partial charge in [0.1, 0.15) is 5.82 Å². The summed E-state index contributed by atoms with van der Waals surface area (Å²) in [7, 11) is 0. The summed E-state index contributed by atoms with van der Waals surface area (Å²) >= 11 is 0. The van der Waals surface area contributed by atoms with Crippen LogP contribution in [0.15, 0.2) is 24.4 Å². The van der Waals surface area contributed by atoms with Crippen molar-refractivity contribution in [2.75, 3.05) is 26.3 Å². The smallest absolute Gasteiger partial charge is 0.125 e. The largest absolute Gasteiger partial charge is 0.380 e. The van der Waals surface area contributed by atoms with Crippen LogP contribution in [0.25, 0.3) is 10.9 Å². The number of halogens is 1. The average Bonchev–Trinajstić information content (AvgIpc) is 2.87. The van der Waals surface area contributed by atoms with Gasteiger partial charge < -0.3 is 14.6 Å². The van der Waals surface area contributed by atoms with E-state index >= 15 is 0 Å². The predicted molar refractivity (Wildman–Crippen MR) is 83.2 cm³/mol. The van der Waals surface area contributed by atoms with Gasteiger partial charge in [-0.3, -0.25) is 0 Å². The van der Waals surface area contributed by atoms with Gasteiger partial charge in [0, 0.05) is 24.7 Å². The normalized spacial score (nSPS) is 16.7. The highest BCUT2D eigenvalue weighted by molar-refractivity contribution is 5.84. The van der Waals surface area contributed by atoms with Crippen LogP contribution in [0.2, 0.25) is 0 Å². The number of nitrogens with zero attached hydrogens (tertiary/aromatic N) is 1. The minimum absolute atomic E-state index is 0.171. The Hall–Kier alpha value is -1.39. The molecule has 0 atom stereocenters. The van der Waals surface area contributed by atoms with Gasteiger partial charge in [-0.25, -0.2) is 4.39 Å². The number of aromatic nitrogens is 1. The second-order valence-electron chi connectivity index (χ2n) is 5.66. The Balaban J connectivity index is 1.95. The molecule has 3 nitrogen and oxygen atoms in total. The van der Waals surface area contributed by atoms with Gasteiger partial charge in [-0.2, -0.15) is 0 Å². The Morgan fingerprint density at radius 1 is 1.33 bits per heavy atom. The maximum atomic E-state index is 13.6. The standard InChI is InChI=1S/C17H23FN2O/c1-2-21-10-9-20-12-16(13-5-7-19-8-6-13)15-4-3-14(18)11-17(15)20/h3-4,11-13,19H,2,5-10H2,1H3. The Labute approximate surface area is 125 Å². The summed E-state index contributed by atoms with van der Waals surface area (Å²) in [5.74, 6) is 0.405. The van der Waals surface area contributed by atoms with E-state index in [1.165, 1.54) is 10.9 Å². The third-order valence-electron chi connectivity index (χ3n) is 4.33. The molecule has 21 heavy (non-hydrogen) atoms. The quantitative estimate of drug-likeness (QED) is 0.855. The van der Waals surface area contributed by atoms with Gasteiger partial charge in [-0.15, -0.1) is 0 Å². The molecule has 0 amide bonds. The molecule has 1 aromatic heterocycles. The molecule has 0 saturated carbocycles. The molecule has 1 saturated heterocycles. The summed E-state index contributed by atoms with van der Waals surface area (Å²) < 4.78 is 21.2. The van der Waals surface area contributed by atoms with Crippen LogP contribution in [-0.2, 0) is 11.3 Å². The lowest BCUT2D eigenvalue weighted by Crippen LogP contribution is -2.26. The molecule has 1 fully saturated rings. The maximum absolute atomic E-state index is 13.6. The minimum atomic E-state index is -0.171. The molecule has 0 aliphatic carbocycles. The zero-order chi connectivity index (χ0) is 14.7. The molecule has 0 spiro atoms. The lowest BCUT2D eigenvalue weighted by atomic mass is 9.90. The highest BCUT2D eigenvalue weighted by atomic mass is 19.1. The fourth-order valence-electron chi connectivity index (χ4n) is 3.24. The van der Waals surface area contributed by atoms with Gasteiger partial charge in [0.25, 0.3) is 0 Å². The van der Waals surface area contributed by atoms with Crippen molar-refractivity contribution in [2.45, 2.75) is 32.2 Å². The van der Waals surface area contributed by atoms with E-state index in [1.54, 1.807) is 12.1 Å².